The Labute approximate surface area is 154 Å². The minimum Gasteiger partial charge on any atom is -0.497 e. The number of methoxy groups -OCH3 is 1. The van der Waals surface area contributed by atoms with Gasteiger partial charge < -0.3 is 20.1 Å². The van der Waals surface area contributed by atoms with Gasteiger partial charge in [0.05, 0.1) is 18.8 Å². The van der Waals surface area contributed by atoms with Crippen LogP contribution in [-0.4, -0.2) is 24.9 Å². The zero-order chi connectivity index (χ0) is 17.5. The summed E-state index contributed by atoms with van der Waals surface area (Å²) in [4.78, 5) is 0. The van der Waals surface area contributed by atoms with E-state index in [0.717, 1.165) is 11.5 Å². The van der Waals surface area contributed by atoms with Crippen LogP contribution in [0.1, 0.15) is 6.92 Å². The highest BCUT2D eigenvalue weighted by Gasteiger charge is 2.08. The van der Waals surface area contributed by atoms with Crippen molar-refractivity contribution in [3.8, 4) is 11.5 Å². The van der Waals surface area contributed by atoms with E-state index in [0.29, 0.717) is 21.9 Å². The summed E-state index contributed by atoms with van der Waals surface area (Å²) < 4.78 is 25.2. The van der Waals surface area contributed by atoms with Crippen LogP contribution < -0.4 is 20.1 Å². The Morgan fingerprint density at radius 3 is 2.50 bits per heavy atom. The van der Waals surface area contributed by atoms with Crippen LogP contribution in [-0.2, 0) is 0 Å². The van der Waals surface area contributed by atoms with Gasteiger partial charge >= 0.3 is 0 Å². The molecule has 0 spiro atoms. The summed E-state index contributed by atoms with van der Waals surface area (Å²) >= 11 is 8.41. The lowest BCUT2D eigenvalue weighted by Gasteiger charge is -2.18. The van der Waals surface area contributed by atoms with E-state index in [1.54, 1.807) is 19.2 Å². The van der Waals surface area contributed by atoms with E-state index in [1.165, 1.54) is 6.07 Å². The number of nitrogens with one attached hydrogen (secondary N) is 2. The molecule has 7 heteroatoms. The van der Waals surface area contributed by atoms with Crippen molar-refractivity contribution in [3.63, 3.8) is 0 Å². The molecule has 0 fully saturated rings. The minimum atomic E-state index is -0.379. The van der Waals surface area contributed by atoms with Gasteiger partial charge in [0, 0.05) is 4.47 Å². The molecule has 2 N–H and O–H groups in total. The Hall–Kier alpha value is -1.86. The Bertz CT molecular complexity index is 697. The largest absolute Gasteiger partial charge is 0.497 e. The summed E-state index contributed by atoms with van der Waals surface area (Å²) in [6.07, 6.45) is 0. The molecule has 0 aliphatic carbocycles. The highest BCUT2D eigenvalue weighted by Crippen LogP contribution is 2.19. The van der Waals surface area contributed by atoms with Crippen molar-refractivity contribution in [2.45, 2.75) is 13.0 Å². The lowest BCUT2D eigenvalue weighted by atomic mass is 10.3. The van der Waals surface area contributed by atoms with E-state index in [-0.39, 0.29) is 11.9 Å². The lowest BCUT2D eigenvalue weighted by Crippen LogP contribution is -2.39. The quantitative estimate of drug-likeness (QED) is 0.690. The molecule has 2 aromatic rings. The predicted molar refractivity (Wildman–Crippen MR) is 101 cm³/mol. The van der Waals surface area contributed by atoms with Crippen molar-refractivity contribution in [2.75, 3.05) is 19.0 Å². The van der Waals surface area contributed by atoms with Crippen molar-refractivity contribution in [1.82, 2.24) is 5.32 Å². The molecule has 0 unspecified atom stereocenters. The monoisotopic (exact) mass is 412 g/mol. The average Bonchev–Trinajstić information content (AvgIpc) is 2.56. The van der Waals surface area contributed by atoms with Gasteiger partial charge in [0.1, 0.15) is 23.9 Å². The van der Waals surface area contributed by atoms with E-state index >= 15 is 0 Å². The lowest BCUT2D eigenvalue weighted by molar-refractivity contribution is 0.286. The van der Waals surface area contributed by atoms with Gasteiger partial charge in [0.2, 0.25) is 0 Å². The number of hydrogen-bond acceptors (Lipinski definition) is 3. The highest BCUT2D eigenvalue weighted by molar-refractivity contribution is 9.10. The van der Waals surface area contributed by atoms with Crippen molar-refractivity contribution in [1.29, 1.82) is 0 Å². The standard InChI is InChI=1S/C17H18BrFN2O2S/c1-11(10-23-14-6-4-13(22-2)5-7-14)20-17(24)21-16-8-3-12(18)9-15(16)19/h3-9,11H,10H2,1-2H3,(H2,20,21,24)/t11-/m1/s1. The van der Waals surface area contributed by atoms with Crippen molar-refractivity contribution < 1.29 is 13.9 Å². The van der Waals surface area contributed by atoms with E-state index in [9.17, 15) is 4.39 Å². The Morgan fingerprint density at radius 1 is 1.21 bits per heavy atom. The van der Waals surface area contributed by atoms with Crippen LogP contribution in [0, 0.1) is 5.82 Å². The number of rotatable bonds is 6. The van der Waals surface area contributed by atoms with E-state index in [1.807, 2.05) is 31.2 Å². The molecule has 2 aromatic carbocycles. The first-order valence-electron chi connectivity index (χ1n) is 7.27. The smallest absolute Gasteiger partial charge is 0.171 e. The third kappa shape index (κ3) is 5.65. The summed E-state index contributed by atoms with van der Waals surface area (Å²) in [6.45, 7) is 2.34. The molecule has 0 bridgehead atoms. The Balaban J connectivity index is 1.80. The van der Waals surface area contributed by atoms with Crippen LogP contribution in [0.3, 0.4) is 0 Å². The molecule has 0 aliphatic heterocycles. The molecule has 0 saturated carbocycles. The predicted octanol–water partition coefficient (Wildman–Crippen LogP) is 4.35. The fraction of sp³-hybridized carbons (Fsp3) is 0.235. The first-order valence-corrected chi connectivity index (χ1v) is 8.47. The van der Waals surface area contributed by atoms with Crippen molar-refractivity contribution in [3.05, 3.63) is 52.8 Å². The fourth-order valence-electron chi connectivity index (χ4n) is 1.91. The summed E-state index contributed by atoms with van der Waals surface area (Å²) in [5.74, 6) is 1.13. The molecule has 0 saturated heterocycles. The number of hydrogen-bond donors (Lipinski definition) is 2. The molecular formula is C17H18BrFN2O2S. The van der Waals surface area contributed by atoms with Crippen LogP contribution in [0.25, 0.3) is 0 Å². The van der Waals surface area contributed by atoms with Gasteiger partial charge in [0.15, 0.2) is 5.11 Å². The summed E-state index contributed by atoms with van der Waals surface area (Å²) in [5, 5.41) is 6.22. The maximum absolute atomic E-state index is 13.8. The van der Waals surface area contributed by atoms with Gasteiger partial charge in [-0.15, -0.1) is 0 Å². The topological polar surface area (TPSA) is 42.5 Å². The summed E-state index contributed by atoms with van der Waals surface area (Å²) in [5.41, 5.74) is 0.318. The SMILES string of the molecule is COc1ccc(OC[C@@H](C)NC(=S)Nc2ccc(Br)cc2F)cc1. The van der Waals surface area contributed by atoms with Gasteiger partial charge in [-0.1, -0.05) is 15.9 Å². The van der Waals surface area contributed by atoms with Crippen LogP contribution >= 0.6 is 28.1 Å². The molecule has 1 atom stereocenters. The maximum Gasteiger partial charge on any atom is 0.171 e. The van der Waals surface area contributed by atoms with Gasteiger partial charge in [-0.25, -0.2) is 4.39 Å². The first kappa shape index (κ1) is 18.5. The summed E-state index contributed by atoms with van der Waals surface area (Å²) in [6, 6.07) is 12.0. The molecule has 0 heterocycles. The first-order chi connectivity index (χ1) is 11.5. The summed E-state index contributed by atoms with van der Waals surface area (Å²) in [7, 11) is 1.62. The second-order valence-corrected chi connectivity index (χ2v) is 6.43. The second-order valence-electron chi connectivity index (χ2n) is 5.11. The molecule has 0 aromatic heterocycles. The zero-order valence-electron chi connectivity index (χ0n) is 13.3. The molecule has 4 nitrogen and oxygen atoms in total. The highest BCUT2D eigenvalue weighted by atomic mass is 79.9. The molecule has 24 heavy (non-hydrogen) atoms. The van der Waals surface area contributed by atoms with E-state index in [4.69, 9.17) is 21.7 Å². The molecule has 128 valence electrons. The minimum absolute atomic E-state index is 0.0504. The molecule has 0 aliphatic rings. The van der Waals surface area contributed by atoms with Gasteiger partial charge in [-0.2, -0.15) is 0 Å². The zero-order valence-corrected chi connectivity index (χ0v) is 15.7. The average molecular weight is 413 g/mol. The normalized spacial score (nSPS) is 11.5. The fourth-order valence-corrected chi connectivity index (χ4v) is 2.55. The third-order valence-electron chi connectivity index (χ3n) is 3.12. The molecule has 0 amide bonds. The van der Waals surface area contributed by atoms with Gasteiger partial charge in [-0.05, 0) is 61.6 Å². The molecule has 0 radical (unpaired) electrons. The molecular weight excluding hydrogens is 395 g/mol. The van der Waals surface area contributed by atoms with Gasteiger partial charge in [0.25, 0.3) is 0 Å². The maximum atomic E-state index is 13.8. The van der Waals surface area contributed by atoms with Crippen LogP contribution in [0.4, 0.5) is 10.1 Å². The van der Waals surface area contributed by atoms with Gasteiger partial charge in [-0.3, -0.25) is 0 Å². The number of anilines is 1. The van der Waals surface area contributed by atoms with Crippen LogP contribution in [0.15, 0.2) is 46.9 Å². The van der Waals surface area contributed by atoms with Crippen LogP contribution in [0.2, 0.25) is 0 Å². The molecule has 2 rings (SSSR count). The number of benzene rings is 2. The number of ether oxygens (including phenoxy) is 2. The van der Waals surface area contributed by atoms with Crippen molar-refractivity contribution in [2.24, 2.45) is 0 Å². The number of thiocarbonyl (C=S) groups is 1. The van der Waals surface area contributed by atoms with Crippen molar-refractivity contribution >= 4 is 38.9 Å². The number of halogens is 2. The Morgan fingerprint density at radius 2 is 1.88 bits per heavy atom. The second kappa shape index (κ2) is 8.84. The Kier molecular flexibility index (Phi) is 6.81. The van der Waals surface area contributed by atoms with E-state index < -0.39 is 0 Å². The van der Waals surface area contributed by atoms with E-state index in [2.05, 4.69) is 26.6 Å². The van der Waals surface area contributed by atoms with Crippen LogP contribution in [0.5, 0.6) is 11.5 Å². The third-order valence-corrected chi connectivity index (χ3v) is 3.83.